The van der Waals surface area contributed by atoms with Crippen molar-refractivity contribution in [1.82, 2.24) is 9.13 Å². The molecule has 2 atom stereocenters. The lowest BCUT2D eigenvalue weighted by molar-refractivity contribution is 0.615. The van der Waals surface area contributed by atoms with Gasteiger partial charge in [0.05, 0.1) is 22.6 Å². The van der Waals surface area contributed by atoms with Gasteiger partial charge in [0.1, 0.15) is 0 Å². The number of nitrogens with zero attached hydrogens (tertiary/aromatic N) is 3. The van der Waals surface area contributed by atoms with Crippen molar-refractivity contribution in [3.63, 3.8) is 0 Å². The Kier molecular flexibility index (Phi) is 7.78. The zero-order valence-corrected chi connectivity index (χ0v) is 31.4. The minimum Gasteiger partial charge on any atom is -0.332 e. The molecule has 9 aromatic rings. The fraction of sp³-hybridized carbons (Fsp3) is 0.0370. The third-order valence-electron chi connectivity index (χ3n) is 11.9. The summed E-state index contributed by atoms with van der Waals surface area (Å²) >= 11 is 0. The predicted octanol–water partition coefficient (Wildman–Crippen LogP) is 14.4. The summed E-state index contributed by atoms with van der Waals surface area (Å²) in [6, 6.07) is 59.5. The van der Waals surface area contributed by atoms with E-state index in [0.717, 1.165) is 17.1 Å². The molecule has 2 aliphatic rings. The Balaban J connectivity index is 1.05. The maximum atomic E-state index is 4.39. The van der Waals surface area contributed by atoms with E-state index >= 15 is 0 Å². The number of hydrogen-bond donors (Lipinski definition) is 0. The van der Waals surface area contributed by atoms with E-state index in [9.17, 15) is 0 Å². The van der Waals surface area contributed by atoms with E-state index in [1.807, 2.05) is 6.08 Å². The third-order valence-corrected chi connectivity index (χ3v) is 11.9. The van der Waals surface area contributed by atoms with Gasteiger partial charge in [0.25, 0.3) is 0 Å². The second kappa shape index (κ2) is 13.4. The molecule has 270 valence electrons. The molecule has 0 saturated carbocycles. The van der Waals surface area contributed by atoms with Crippen LogP contribution in [0.1, 0.15) is 17.5 Å². The second-order valence-corrected chi connectivity index (χ2v) is 15.0. The van der Waals surface area contributed by atoms with Crippen LogP contribution in [0.25, 0.3) is 72.1 Å². The Morgan fingerprint density at radius 3 is 1.72 bits per heavy atom. The number of fused-ring (bicyclic) bond motifs is 9. The highest BCUT2D eigenvalue weighted by molar-refractivity contribution is 6.12. The minimum atomic E-state index is 0.257. The Labute approximate surface area is 332 Å². The molecule has 0 fully saturated rings. The van der Waals surface area contributed by atoms with Gasteiger partial charge in [-0.15, -0.1) is 0 Å². The summed E-state index contributed by atoms with van der Waals surface area (Å²) in [5.74, 6) is 0.270. The molecule has 3 heteroatoms. The van der Waals surface area contributed by atoms with Crippen molar-refractivity contribution >= 4 is 61.2 Å². The first-order valence-corrected chi connectivity index (χ1v) is 19.7. The predicted molar refractivity (Wildman–Crippen MR) is 242 cm³/mol. The van der Waals surface area contributed by atoms with Gasteiger partial charge in [0, 0.05) is 56.3 Å². The molecule has 0 bridgehead atoms. The first-order valence-electron chi connectivity index (χ1n) is 19.7. The average Bonchev–Trinajstić information content (AvgIpc) is 3.91. The van der Waals surface area contributed by atoms with E-state index in [2.05, 4.69) is 227 Å². The Bertz CT molecular complexity index is 3080. The summed E-state index contributed by atoms with van der Waals surface area (Å²) in [5, 5.41) is 5.05. The van der Waals surface area contributed by atoms with Crippen LogP contribution in [0.5, 0.6) is 0 Å². The summed E-state index contributed by atoms with van der Waals surface area (Å²) in [5.41, 5.74) is 14.3. The third kappa shape index (κ3) is 5.35. The quantitative estimate of drug-likeness (QED) is 0.142. The molecule has 2 unspecified atom stereocenters. The first-order chi connectivity index (χ1) is 28.2. The molecule has 0 saturated heterocycles. The summed E-state index contributed by atoms with van der Waals surface area (Å²) in [6.45, 7) is 4.39. The van der Waals surface area contributed by atoms with Crippen molar-refractivity contribution in [1.29, 1.82) is 0 Å². The van der Waals surface area contributed by atoms with Crippen molar-refractivity contribution in [2.45, 2.75) is 12.0 Å². The van der Waals surface area contributed by atoms with Crippen LogP contribution in [-0.2, 0) is 0 Å². The van der Waals surface area contributed by atoms with E-state index < -0.39 is 0 Å². The number of anilines is 2. The normalized spacial score (nSPS) is 16.0. The van der Waals surface area contributed by atoms with Crippen LogP contribution < -0.4 is 4.90 Å². The van der Waals surface area contributed by atoms with Crippen LogP contribution in [0.3, 0.4) is 0 Å². The number of aromatic nitrogens is 2. The minimum absolute atomic E-state index is 0.257. The maximum absolute atomic E-state index is 4.39. The Hall–Kier alpha value is -7.36. The fourth-order valence-electron chi connectivity index (χ4n) is 9.28. The molecule has 3 nitrogen and oxygen atoms in total. The standard InChI is InChI=1S/C54H39N3/c1-2-41(17-14-34-55-50-22-10-6-18-44(50)45-19-7-11-23-51(45)55)56(42-32-30-40(31-33-42)39-28-26-38(27-29-39)37-15-4-3-5-16-37)43-35-48-46-20-8-12-24-52(46)57-53-25-13-9-21-47(53)49(36-43)54(48)57/h2-36,46,52H,1H2/b34-14+,41-17+. The van der Waals surface area contributed by atoms with E-state index in [1.165, 1.54) is 71.4 Å². The smallest absolute Gasteiger partial charge is 0.0630 e. The summed E-state index contributed by atoms with van der Waals surface area (Å²) in [6.07, 6.45) is 17.6. The molecule has 0 spiro atoms. The van der Waals surface area contributed by atoms with Crippen LogP contribution in [-0.4, -0.2) is 9.13 Å². The lowest BCUT2D eigenvalue weighted by Gasteiger charge is -2.28. The van der Waals surface area contributed by atoms with Gasteiger partial charge in [-0.25, -0.2) is 0 Å². The largest absolute Gasteiger partial charge is 0.332 e. The van der Waals surface area contributed by atoms with Crippen molar-refractivity contribution in [3.05, 3.63) is 224 Å². The van der Waals surface area contributed by atoms with Crippen LogP contribution >= 0.6 is 0 Å². The van der Waals surface area contributed by atoms with Gasteiger partial charge in [-0.05, 0) is 88.5 Å². The molecule has 0 radical (unpaired) electrons. The highest BCUT2D eigenvalue weighted by Gasteiger charge is 2.35. The van der Waals surface area contributed by atoms with Gasteiger partial charge < -0.3 is 14.0 Å². The van der Waals surface area contributed by atoms with E-state index in [0.29, 0.717) is 0 Å². The fourth-order valence-corrected chi connectivity index (χ4v) is 9.28. The zero-order valence-electron chi connectivity index (χ0n) is 31.4. The molecule has 1 aliphatic heterocycles. The highest BCUT2D eigenvalue weighted by atomic mass is 15.1. The molecule has 1 aliphatic carbocycles. The molecule has 7 aromatic carbocycles. The van der Waals surface area contributed by atoms with E-state index in [4.69, 9.17) is 0 Å². The first kappa shape index (κ1) is 33.0. The SMILES string of the molecule is C=C/C(=C\C=C\n1c2ccccc2c2ccccc21)N(c1ccc(-c2ccc(-c3ccccc3)cc2)cc1)c1cc2c3c(c1)c1ccccc1n3C1C=CC=CC21. The lowest BCUT2D eigenvalue weighted by atomic mass is 9.89. The van der Waals surface area contributed by atoms with Crippen LogP contribution in [0.15, 0.2) is 219 Å². The van der Waals surface area contributed by atoms with Crippen LogP contribution in [0, 0.1) is 0 Å². The molecule has 0 N–H and O–H groups in total. The molecule has 11 rings (SSSR count). The van der Waals surface area contributed by atoms with Gasteiger partial charge in [0.15, 0.2) is 0 Å². The van der Waals surface area contributed by atoms with Gasteiger partial charge in [-0.2, -0.15) is 0 Å². The van der Waals surface area contributed by atoms with Crippen molar-refractivity contribution < 1.29 is 0 Å². The van der Waals surface area contributed by atoms with Crippen molar-refractivity contribution in [3.8, 4) is 22.3 Å². The van der Waals surface area contributed by atoms with Crippen LogP contribution in [0.4, 0.5) is 11.4 Å². The lowest BCUT2D eigenvalue weighted by Crippen LogP contribution is -2.15. The zero-order chi connectivity index (χ0) is 37.9. The average molecular weight is 730 g/mol. The molecule has 3 heterocycles. The van der Waals surface area contributed by atoms with Crippen molar-refractivity contribution in [2.24, 2.45) is 0 Å². The second-order valence-electron chi connectivity index (χ2n) is 15.0. The Morgan fingerprint density at radius 1 is 0.526 bits per heavy atom. The van der Waals surface area contributed by atoms with Gasteiger partial charge in [0.2, 0.25) is 0 Å². The molecule has 57 heavy (non-hydrogen) atoms. The number of para-hydroxylation sites is 3. The topological polar surface area (TPSA) is 13.1 Å². The van der Waals surface area contributed by atoms with E-state index in [-0.39, 0.29) is 12.0 Å². The maximum Gasteiger partial charge on any atom is 0.0630 e. The molecule has 0 amide bonds. The van der Waals surface area contributed by atoms with Crippen LogP contribution in [0.2, 0.25) is 0 Å². The van der Waals surface area contributed by atoms with Gasteiger partial charge >= 0.3 is 0 Å². The number of allylic oxidation sites excluding steroid dienone is 7. The highest BCUT2D eigenvalue weighted by Crippen LogP contribution is 2.51. The summed E-state index contributed by atoms with van der Waals surface area (Å²) in [4.78, 5) is 2.36. The number of benzene rings is 7. The van der Waals surface area contributed by atoms with Crippen molar-refractivity contribution in [2.75, 3.05) is 4.90 Å². The van der Waals surface area contributed by atoms with E-state index in [1.54, 1.807) is 0 Å². The van der Waals surface area contributed by atoms with Gasteiger partial charge in [-0.3, -0.25) is 0 Å². The van der Waals surface area contributed by atoms with Gasteiger partial charge in [-0.1, -0.05) is 152 Å². The summed E-state index contributed by atoms with van der Waals surface area (Å²) in [7, 11) is 0. The molecular formula is C54H39N3. The summed E-state index contributed by atoms with van der Waals surface area (Å²) < 4.78 is 4.84. The Morgan fingerprint density at radius 2 is 1.07 bits per heavy atom. The monoisotopic (exact) mass is 729 g/mol. The number of hydrogen-bond acceptors (Lipinski definition) is 1. The molecular weight excluding hydrogens is 691 g/mol. The molecule has 2 aromatic heterocycles. The number of rotatable bonds is 8.